The first kappa shape index (κ1) is 18.0. The Kier molecular flexibility index (Phi) is 15.1. The van der Waals surface area contributed by atoms with Gasteiger partial charge in [0.25, 0.3) is 0 Å². The van der Waals surface area contributed by atoms with Crippen LogP contribution in [0.15, 0.2) is 23.3 Å². The van der Waals surface area contributed by atoms with Crippen LogP contribution < -0.4 is 0 Å². The summed E-state index contributed by atoms with van der Waals surface area (Å²) in [6, 6.07) is 0. The predicted molar refractivity (Wildman–Crippen MR) is 82.8 cm³/mol. The number of hydrogen-bond acceptors (Lipinski definition) is 2. The van der Waals surface area contributed by atoms with Crippen molar-refractivity contribution in [2.24, 2.45) is 0 Å². The number of aromatic nitrogens is 1. The number of rotatable bonds is 9. The first-order chi connectivity index (χ1) is 8.85. The zero-order valence-corrected chi connectivity index (χ0v) is 15.8. The van der Waals surface area contributed by atoms with Crippen LogP contribution in [0.25, 0.3) is 0 Å². The van der Waals surface area contributed by atoms with Crippen molar-refractivity contribution in [1.82, 2.24) is 4.98 Å². The van der Waals surface area contributed by atoms with Crippen molar-refractivity contribution in [3.8, 4) is 0 Å². The van der Waals surface area contributed by atoms with Gasteiger partial charge in [0.1, 0.15) is 6.26 Å². The SMILES string of the molecule is CCC[CH2][SnH]([CH2]CCC)[CH2]CCC.c1cocn1. The fourth-order valence-corrected chi connectivity index (χ4v) is 13.0. The Morgan fingerprint density at radius 1 is 0.889 bits per heavy atom. The summed E-state index contributed by atoms with van der Waals surface area (Å²) >= 11 is -0.967. The molecule has 1 heterocycles. The van der Waals surface area contributed by atoms with Gasteiger partial charge in [-0.1, -0.05) is 0 Å². The first-order valence-corrected chi connectivity index (χ1v) is 14.7. The maximum atomic E-state index is 4.47. The predicted octanol–water partition coefficient (Wildman–Crippen LogP) is 5.29. The van der Waals surface area contributed by atoms with Crippen LogP contribution in [-0.4, -0.2) is 24.7 Å². The average molecular weight is 360 g/mol. The third-order valence-electron chi connectivity index (χ3n) is 3.24. The molecule has 3 heteroatoms. The van der Waals surface area contributed by atoms with E-state index in [1.807, 2.05) is 0 Å². The van der Waals surface area contributed by atoms with Gasteiger partial charge in [-0.2, -0.15) is 0 Å². The summed E-state index contributed by atoms with van der Waals surface area (Å²) in [5.41, 5.74) is 0. The second-order valence-electron chi connectivity index (χ2n) is 4.97. The Labute approximate surface area is 120 Å². The molecule has 0 N–H and O–H groups in total. The number of oxazole rings is 1. The van der Waals surface area contributed by atoms with E-state index in [9.17, 15) is 0 Å². The molecule has 0 aromatic carbocycles. The van der Waals surface area contributed by atoms with Gasteiger partial charge in [0.2, 0.25) is 0 Å². The quantitative estimate of drug-likeness (QED) is 0.560. The zero-order valence-electron chi connectivity index (χ0n) is 12.5. The molecule has 0 aliphatic heterocycles. The largest absolute Gasteiger partial charge is 0.452 e. The molecule has 18 heavy (non-hydrogen) atoms. The summed E-state index contributed by atoms with van der Waals surface area (Å²) in [7, 11) is 0. The summed E-state index contributed by atoms with van der Waals surface area (Å²) in [5.74, 6) is 0. The minimum absolute atomic E-state index is 0.967. The van der Waals surface area contributed by atoms with Crippen molar-refractivity contribution in [3.05, 3.63) is 18.9 Å². The third-order valence-corrected chi connectivity index (χ3v) is 13.7. The van der Waals surface area contributed by atoms with Gasteiger partial charge >= 0.3 is 92.4 Å². The van der Waals surface area contributed by atoms with Gasteiger partial charge in [-0.15, -0.1) is 0 Å². The smallest absolute Gasteiger partial charge is 0.180 e. The second-order valence-corrected chi connectivity index (χ2v) is 14.9. The molecule has 0 aliphatic carbocycles. The van der Waals surface area contributed by atoms with Gasteiger partial charge in [0.05, 0.1) is 6.20 Å². The molecule has 0 saturated carbocycles. The molecule has 0 bridgehead atoms. The Bertz CT molecular complexity index is 190. The van der Waals surface area contributed by atoms with Crippen LogP contribution >= 0.6 is 0 Å². The number of unbranched alkanes of at least 4 members (excludes halogenated alkanes) is 3. The maximum absolute atomic E-state index is 4.47. The van der Waals surface area contributed by atoms with E-state index in [4.69, 9.17) is 0 Å². The first-order valence-electron chi connectivity index (χ1n) is 7.67. The summed E-state index contributed by atoms with van der Waals surface area (Å²) in [4.78, 5) is 3.56. The summed E-state index contributed by atoms with van der Waals surface area (Å²) in [6.45, 7) is 7.01. The molecule has 0 saturated heterocycles. The van der Waals surface area contributed by atoms with Crippen molar-refractivity contribution >= 4 is 19.8 Å². The van der Waals surface area contributed by atoms with Gasteiger partial charge in [-0.25, -0.2) is 4.98 Å². The van der Waals surface area contributed by atoms with E-state index >= 15 is 0 Å². The van der Waals surface area contributed by atoms with Crippen molar-refractivity contribution in [1.29, 1.82) is 0 Å². The fraction of sp³-hybridized carbons (Fsp3) is 0.800. The second kappa shape index (κ2) is 15.1. The van der Waals surface area contributed by atoms with Crippen molar-refractivity contribution < 1.29 is 4.42 Å². The van der Waals surface area contributed by atoms with Gasteiger partial charge < -0.3 is 4.42 Å². The molecule has 0 amide bonds. The molecule has 2 nitrogen and oxygen atoms in total. The Balaban J connectivity index is 0.000000473. The summed E-state index contributed by atoms with van der Waals surface area (Å²) < 4.78 is 9.55. The Morgan fingerprint density at radius 2 is 1.39 bits per heavy atom. The van der Waals surface area contributed by atoms with Gasteiger partial charge in [-0.05, 0) is 0 Å². The molecule has 0 fully saturated rings. The normalized spacial score (nSPS) is 10.2. The van der Waals surface area contributed by atoms with Crippen LogP contribution in [0.1, 0.15) is 59.3 Å². The van der Waals surface area contributed by atoms with Crippen molar-refractivity contribution in [2.75, 3.05) is 0 Å². The van der Waals surface area contributed by atoms with E-state index < -0.39 is 19.8 Å². The molecule has 106 valence electrons. The van der Waals surface area contributed by atoms with Crippen LogP contribution in [0.2, 0.25) is 13.3 Å². The molecular weight excluding hydrogens is 329 g/mol. The molecule has 0 radical (unpaired) electrons. The molecular formula is C15H31NOSn. The Hall–Kier alpha value is 0.00870. The zero-order chi connectivity index (χ0) is 13.5. The summed E-state index contributed by atoms with van der Waals surface area (Å²) in [6.07, 6.45) is 13.3. The molecule has 0 unspecified atom stereocenters. The molecule has 1 aromatic rings. The molecule has 1 aromatic heterocycles. The van der Waals surface area contributed by atoms with Crippen molar-refractivity contribution in [2.45, 2.75) is 72.6 Å². The topological polar surface area (TPSA) is 26.0 Å². The van der Waals surface area contributed by atoms with E-state index in [0.29, 0.717) is 0 Å². The van der Waals surface area contributed by atoms with Gasteiger partial charge in [-0.3, -0.25) is 0 Å². The van der Waals surface area contributed by atoms with E-state index in [-0.39, 0.29) is 0 Å². The van der Waals surface area contributed by atoms with E-state index in [1.165, 1.54) is 51.2 Å². The third kappa shape index (κ3) is 12.5. The molecule has 0 aliphatic rings. The minimum atomic E-state index is -0.967. The number of hydrogen-bond donors (Lipinski definition) is 0. The Morgan fingerprint density at radius 3 is 1.61 bits per heavy atom. The standard InChI is InChI=1S/3C4H9.C3H3NO.Sn.H/c3*1-3-4-2;1-2-5-3-4-1;;/h3*1,3-4H2,2H3;1-3H;;. The van der Waals surface area contributed by atoms with Crippen LogP contribution in [0.3, 0.4) is 0 Å². The van der Waals surface area contributed by atoms with Gasteiger partial charge in [0.15, 0.2) is 6.39 Å². The molecule has 0 atom stereocenters. The van der Waals surface area contributed by atoms with Crippen LogP contribution in [0.5, 0.6) is 0 Å². The van der Waals surface area contributed by atoms with Crippen molar-refractivity contribution in [3.63, 3.8) is 0 Å². The van der Waals surface area contributed by atoms with Crippen LogP contribution in [0.4, 0.5) is 0 Å². The summed E-state index contributed by atoms with van der Waals surface area (Å²) in [5, 5.41) is 0. The monoisotopic (exact) mass is 361 g/mol. The number of nitrogens with zero attached hydrogens (tertiary/aromatic N) is 1. The van der Waals surface area contributed by atoms with E-state index in [1.54, 1.807) is 19.5 Å². The van der Waals surface area contributed by atoms with E-state index in [2.05, 4.69) is 30.2 Å². The fourth-order valence-electron chi connectivity index (χ4n) is 2.09. The van der Waals surface area contributed by atoms with Gasteiger partial charge in [0, 0.05) is 0 Å². The maximum Gasteiger partial charge on any atom is 0.180 e. The molecule has 1 rings (SSSR count). The van der Waals surface area contributed by atoms with Crippen LogP contribution in [0, 0.1) is 0 Å². The average Bonchev–Trinajstić information content (AvgIpc) is 2.97. The molecule has 0 spiro atoms. The van der Waals surface area contributed by atoms with Crippen LogP contribution in [-0.2, 0) is 0 Å². The van der Waals surface area contributed by atoms with E-state index in [0.717, 1.165) is 0 Å². The minimum Gasteiger partial charge on any atom is -0.452 e.